The minimum atomic E-state index is 0.592. The molecule has 0 radical (unpaired) electrons. The average molecular weight is 435 g/mol. The summed E-state index contributed by atoms with van der Waals surface area (Å²) in [5.74, 6) is 1.36. The smallest absolute Gasteiger partial charge is 0.202 e. The minimum absolute atomic E-state index is 0.592. The summed E-state index contributed by atoms with van der Waals surface area (Å²) in [4.78, 5) is 4.86. The lowest BCUT2D eigenvalue weighted by Crippen LogP contribution is -1.84. The average Bonchev–Trinajstić information content (AvgIpc) is 3.37. The normalized spacial score (nSPS) is 11.7. The Bertz CT molecular complexity index is 1430. The Balaban J connectivity index is 1.60. The number of benzene rings is 3. The molecule has 2 heterocycles. The van der Waals surface area contributed by atoms with Crippen LogP contribution in [0.4, 0.5) is 22.9 Å². The summed E-state index contributed by atoms with van der Waals surface area (Å²) in [6.45, 7) is 1.93. The van der Waals surface area contributed by atoms with Crippen molar-refractivity contribution in [2.24, 2.45) is 20.5 Å². The largest absolute Gasteiger partial charge is 0.497 e. The number of aromatic nitrogens is 3. The molecule has 0 saturated heterocycles. The van der Waals surface area contributed by atoms with E-state index in [2.05, 4.69) is 25.6 Å². The van der Waals surface area contributed by atoms with E-state index >= 15 is 0 Å². The summed E-state index contributed by atoms with van der Waals surface area (Å²) in [6.07, 6.45) is 0. The summed E-state index contributed by atoms with van der Waals surface area (Å²) in [6, 6.07) is 26.9. The molecule has 33 heavy (non-hydrogen) atoms. The topological polar surface area (TPSA) is 91.8 Å². The maximum absolute atomic E-state index is 5.20. The van der Waals surface area contributed by atoms with E-state index in [-0.39, 0.29) is 0 Å². The number of methoxy groups -OCH3 is 1. The van der Waals surface area contributed by atoms with Crippen LogP contribution >= 0.6 is 0 Å². The summed E-state index contributed by atoms with van der Waals surface area (Å²) < 4.78 is 7.00. The van der Waals surface area contributed by atoms with E-state index in [0.717, 1.165) is 22.7 Å². The highest BCUT2D eigenvalue weighted by Crippen LogP contribution is 2.37. The Kier molecular flexibility index (Phi) is 5.47. The monoisotopic (exact) mass is 435 g/mol. The van der Waals surface area contributed by atoms with Crippen LogP contribution < -0.4 is 4.74 Å². The van der Waals surface area contributed by atoms with Crippen molar-refractivity contribution in [1.82, 2.24) is 14.6 Å². The lowest BCUT2D eigenvalue weighted by atomic mass is 10.1. The molecule has 8 heteroatoms. The molecule has 0 spiro atoms. The van der Waals surface area contributed by atoms with Crippen molar-refractivity contribution in [1.29, 1.82) is 0 Å². The van der Waals surface area contributed by atoms with E-state index in [1.54, 1.807) is 11.6 Å². The molecule has 0 unspecified atom stereocenters. The van der Waals surface area contributed by atoms with Crippen molar-refractivity contribution < 1.29 is 4.74 Å². The quantitative estimate of drug-likeness (QED) is 0.280. The molecule has 8 nitrogen and oxygen atoms in total. The molecule has 0 aliphatic carbocycles. The highest BCUT2D eigenvalue weighted by Gasteiger charge is 2.20. The number of rotatable bonds is 6. The first-order valence-electron chi connectivity index (χ1n) is 10.4. The third-order valence-electron chi connectivity index (χ3n) is 5.10. The van der Waals surface area contributed by atoms with Crippen LogP contribution in [0.25, 0.3) is 16.9 Å². The molecule has 0 atom stereocenters. The number of ether oxygens (including phenoxy) is 1. The van der Waals surface area contributed by atoms with Crippen LogP contribution in [0.5, 0.6) is 5.75 Å². The Morgan fingerprint density at radius 2 is 1.39 bits per heavy atom. The van der Waals surface area contributed by atoms with Crippen molar-refractivity contribution in [2.75, 3.05) is 7.11 Å². The molecule has 0 saturated carbocycles. The molecule has 0 fully saturated rings. The van der Waals surface area contributed by atoms with Gasteiger partial charge in [-0.25, -0.2) is 9.50 Å². The van der Waals surface area contributed by atoms with E-state index in [1.807, 2.05) is 91.9 Å². The summed E-state index contributed by atoms with van der Waals surface area (Å²) in [7, 11) is 1.63. The van der Waals surface area contributed by atoms with Gasteiger partial charge in [-0.3, -0.25) is 5.10 Å². The van der Waals surface area contributed by atoms with Crippen LogP contribution in [0.2, 0.25) is 0 Å². The number of H-pyrrole nitrogens is 1. The lowest BCUT2D eigenvalue weighted by molar-refractivity contribution is 0.415. The van der Waals surface area contributed by atoms with Gasteiger partial charge in [0.25, 0.3) is 0 Å². The van der Waals surface area contributed by atoms with Gasteiger partial charge in [-0.2, -0.15) is 5.11 Å². The third kappa shape index (κ3) is 4.14. The molecule has 5 rings (SSSR count). The van der Waals surface area contributed by atoms with Gasteiger partial charge in [0, 0.05) is 5.56 Å². The van der Waals surface area contributed by atoms with E-state index < -0.39 is 0 Å². The standard InChI is InChI=1S/C25H21N7O/c1-17-22(29-27-20-13-15-21(33-2)16-14-20)24-26-23(18-9-5-3-6-10-18)25(32(24)31-17)30-28-19-11-7-4-8-12-19/h3-16,31H,1-2H3. The zero-order valence-electron chi connectivity index (χ0n) is 18.2. The van der Waals surface area contributed by atoms with E-state index in [9.17, 15) is 0 Å². The molecule has 2 aromatic heterocycles. The fourth-order valence-electron chi connectivity index (χ4n) is 3.42. The number of azo groups is 2. The van der Waals surface area contributed by atoms with E-state index in [1.165, 1.54) is 0 Å². The first-order chi connectivity index (χ1) is 16.2. The van der Waals surface area contributed by atoms with E-state index in [4.69, 9.17) is 9.72 Å². The van der Waals surface area contributed by atoms with Crippen molar-refractivity contribution in [3.8, 4) is 17.0 Å². The van der Waals surface area contributed by atoms with Gasteiger partial charge in [0.05, 0.1) is 24.2 Å². The van der Waals surface area contributed by atoms with Crippen LogP contribution in [-0.4, -0.2) is 21.7 Å². The van der Waals surface area contributed by atoms with Crippen molar-refractivity contribution >= 4 is 28.5 Å². The molecule has 162 valence electrons. The highest BCUT2D eigenvalue weighted by molar-refractivity contribution is 5.79. The Hall–Kier alpha value is -4.59. The number of nitrogens with zero attached hydrogens (tertiary/aromatic N) is 6. The first kappa shape index (κ1) is 20.3. The number of hydrogen-bond donors (Lipinski definition) is 1. The number of fused-ring (bicyclic) bond motifs is 1. The van der Waals surface area contributed by atoms with Gasteiger partial charge < -0.3 is 4.74 Å². The molecule has 5 aromatic rings. The Morgan fingerprint density at radius 1 is 0.758 bits per heavy atom. The minimum Gasteiger partial charge on any atom is -0.497 e. The Labute approximate surface area is 190 Å². The molecule has 0 bridgehead atoms. The van der Waals surface area contributed by atoms with Crippen LogP contribution in [-0.2, 0) is 0 Å². The van der Waals surface area contributed by atoms with Gasteiger partial charge in [0.15, 0.2) is 11.3 Å². The fraction of sp³-hybridized carbons (Fsp3) is 0.0800. The zero-order chi connectivity index (χ0) is 22.6. The van der Waals surface area contributed by atoms with Crippen LogP contribution in [0, 0.1) is 6.92 Å². The molecule has 3 aromatic carbocycles. The summed E-state index contributed by atoms with van der Waals surface area (Å²) in [5.41, 5.74) is 5.22. The summed E-state index contributed by atoms with van der Waals surface area (Å²) >= 11 is 0. The zero-order valence-corrected chi connectivity index (χ0v) is 18.2. The molecule has 0 aliphatic rings. The van der Waals surface area contributed by atoms with Crippen molar-refractivity contribution in [3.63, 3.8) is 0 Å². The second kappa shape index (κ2) is 8.88. The van der Waals surface area contributed by atoms with Gasteiger partial charge in [-0.15, -0.1) is 15.3 Å². The molecule has 0 aliphatic heterocycles. The van der Waals surface area contributed by atoms with E-state index in [0.29, 0.717) is 28.5 Å². The SMILES string of the molecule is COc1ccc(N=Nc2c(C)[nH]n3c(N=Nc4ccccc4)c(-c4ccccc4)nc23)cc1. The highest BCUT2D eigenvalue weighted by atomic mass is 16.5. The molecule has 1 N–H and O–H groups in total. The lowest BCUT2D eigenvalue weighted by Gasteiger charge is -1.99. The number of aryl methyl sites for hydroxylation is 1. The first-order valence-corrected chi connectivity index (χ1v) is 10.4. The molecular weight excluding hydrogens is 414 g/mol. The fourth-order valence-corrected chi connectivity index (χ4v) is 3.42. The number of aromatic amines is 1. The van der Waals surface area contributed by atoms with Gasteiger partial charge >= 0.3 is 0 Å². The van der Waals surface area contributed by atoms with Crippen LogP contribution in [0.15, 0.2) is 105 Å². The number of hydrogen-bond acceptors (Lipinski definition) is 6. The number of imidazole rings is 1. The van der Waals surface area contributed by atoms with Crippen LogP contribution in [0.1, 0.15) is 5.69 Å². The van der Waals surface area contributed by atoms with Gasteiger partial charge in [0.2, 0.25) is 5.82 Å². The second-order valence-electron chi connectivity index (χ2n) is 7.33. The maximum atomic E-state index is 5.20. The van der Waals surface area contributed by atoms with Gasteiger partial charge in [0.1, 0.15) is 11.4 Å². The van der Waals surface area contributed by atoms with Crippen molar-refractivity contribution in [2.45, 2.75) is 6.92 Å². The maximum Gasteiger partial charge on any atom is 0.202 e. The molecular formula is C25H21N7O. The predicted molar refractivity (Wildman–Crippen MR) is 128 cm³/mol. The Morgan fingerprint density at radius 3 is 2.09 bits per heavy atom. The second-order valence-corrected chi connectivity index (χ2v) is 7.33. The molecule has 0 amide bonds. The van der Waals surface area contributed by atoms with Gasteiger partial charge in [-0.1, -0.05) is 48.5 Å². The van der Waals surface area contributed by atoms with Crippen LogP contribution in [0.3, 0.4) is 0 Å². The summed E-state index contributed by atoms with van der Waals surface area (Å²) in [5, 5.41) is 21.1. The third-order valence-corrected chi connectivity index (χ3v) is 5.10. The van der Waals surface area contributed by atoms with Gasteiger partial charge in [-0.05, 0) is 43.3 Å². The predicted octanol–water partition coefficient (Wildman–Crippen LogP) is 7.48. The van der Waals surface area contributed by atoms with Crippen molar-refractivity contribution in [3.05, 3.63) is 90.6 Å². The number of nitrogens with one attached hydrogen (secondary N) is 1.